The highest BCUT2D eigenvalue weighted by Crippen LogP contribution is 2.17. The fourth-order valence-electron chi connectivity index (χ4n) is 2.75. The van der Waals surface area contributed by atoms with Gasteiger partial charge in [-0.05, 0) is 51.2 Å². The van der Waals surface area contributed by atoms with Crippen LogP contribution in [0.25, 0.3) is 6.08 Å². The molecule has 2 rings (SSSR count). The third-order valence-electron chi connectivity index (χ3n) is 4.20. The van der Waals surface area contributed by atoms with Gasteiger partial charge in [0.2, 0.25) is 10.0 Å². The average molecular weight is 380 g/mol. The Bertz CT molecular complexity index is 716. The number of piperidine rings is 1. The molecule has 0 bridgehead atoms. The fourth-order valence-corrected chi connectivity index (χ4v) is 3.65. The van der Waals surface area contributed by atoms with E-state index in [-0.39, 0.29) is 17.5 Å². The lowest BCUT2D eigenvalue weighted by Gasteiger charge is -2.34. The predicted molar refractivity (Wildman–Crippen MR) is 105 cm³/mol. The number of urea groups is 1. The number of amides is 2. The summed E-state index contributed by atoms with van der Waals surface area (Å²) in [6.45, 7) is 7.55. The van der Waals surface area contributed by atoms with Crippen molar-refractivity contribution < 1.29 is 13.2 Å². The van der Waals surface area contributed by atoms with Crippen molar-refractivity contribution in [1.29, 1.82) is 0 Å². The lowest BCUT2D eigenvalue weighted by Crippen LogP contribution is -2.51. The molecule has 0 aliphatic carbocycles. The largest absolute Gasteiger partial charge is 0.333 e. The third-order valence-corrected chi connectivity index (χ3v) is 5.26. The normalized spacial score (nSPS) is 16.8. The summed E-state index contributed by atoms with van der Waals surface area (Å²) in [5.74, 6) is 0.244. The molecule has 6 nitrogen and oxygen atoms in total. The molecule has 2 N–H and O–H groups in total. The molecule has 1 aromatic carbocycles. The molecule has 0 aromatic heterocycles. The number of nitrogens with one attached hydrogen (secondary N) is 2. The number of nitrogens with zero attached hydrogens (tertiary/aromatic N) is 1. The zero-order valence-electron chi connectivity index (χ0n) is 15.7. The summed E-state index contributed by atoms with van der Waals surface area (Å²) < 4.78 is 26.9. The molecule has 1 fully saturated rings. The van der Waals surface area contributed by atoms with Crippen LogP contribution in [0.3, 0.4) is 0 Å². The molecule has 144 valence electrons. The highest BCUT2D eigenvalue weighted by atomic mass is 32.2. The van der Waals surface area contributed by atoms with Crippen molar-refractivity contribution in [3.05, 3.63) is 41.3 Å². The first-order chi connectivity index (χ1) is 12.1. The van der Waals surface area contributed by atoms with Crippen molar-refractivity contribution in [3.63, 3.8) is 0 Å². The molecule has 0 unspecified atom stereocenters. The van der Waals surface area contributed by atoms with Crippen LogP contribution in [0, 0.1) is 5.92 Å². The van der Waals surface area contributed by atoms with E-state index in [1.165, 1.54) is 5.41 Å². The second kappa shape index (κ2) is 8.68. The van der Waals surface area contributed by atoms with Crippen molar-refractivity contribution in [3.8, 4) is 0 Å². The van der Waals surface area contributed by atoms with Gasteiger partial charge in [0.1, 0.15) is 0 Å². The quantitative estimate of drug-likeness (QED) is 0.826. The van der Waals surface area contributed by atoms with Gasteiger partial charge < -0.3 is 10.2 Å². The standard InChI is InChI=1S/C19H29N3O3S/c1-19(2,3)21-18(23)22-12-9-17(10-13-22)15-20-26(24,25)14-11-16-7-5-4-6-8-16/h4-8,11,14,17,20H,9-10,12-13,15H2,1-3H3,(H,21,23)/b14-11+. The maximum absolute atomic E-state index is 12.2. The summed E-state index contributed by atoms with van der Waals surface area (Å²) in [5.41, 5.74) is 0.588. The molecule has 2 amide bonds. The number of sulfonamides is 1. The summed E-state index contributed by atoms with van der Waals surface area (Å²) in [5, 5.41) is 4.16. The van der Waals surface area contributed by atoms with Crippen LogP contribution < -0.4 is 10.0 Å². The van der Waals surface area contributed by atoms with Gasteiger partial charge in [-0.1, -0.05) is 30.3 Å². The van der Waals surface area contributed by atoms with Crippen molar-refractivity contribution in [1.82, 2.24) is 14.9 Å². The van der Waals surface area contributed by atoms with E-state index >= 15 is 0 Å². The maximum atomic E-state index is 12.2. The van der Waals surface area contributed by atoms with Crippen LogP contribution in [-0.4, -0.2) is 44.5 Å². The summed E-state index contributed by atoms with van der Waals surface area (Å²) in [6, 6.07) is 9.27. The molecule has 1 saturated heterocycles. The van der Waals surface area contributed by atoms with Crippen LogP contribution >= 0.6 is 0 Å². The molecular formula is C19H29N3O3S. The number of benzene rings is 1. The molecule has 7 heteroatoms. The highest BCUT2D eigenvalue weighted by molar-refractivity contribution is 7.92. The number of rotatable bonds is 5. The molecule has 0 spiro atoms. The molecule has 0 atom stereocenters. The summed E-state index contributed by atoms with van der Waals surface area (Å²) >= 11 is 0. The van der Waals surface area contributed by atoms with E-state index in [4.69, 9.17) is 0 Å². The van der Waals surface area contributed by atoms with Gasteiger partial charge in [-0.2, -0.15) is 0 Å². The molecule has 0 radical (unpaired) electrons. The molecule has 0 saturated carbocycles. The molecule has 1 aliphatic rings. The SMILES string of the molecule is CC(C)(C)NC(=O)N1CCC(CNS(=O)(=O)/C=C/c2ccccc2)CC1. The molecular weight excluding hydrogens is 350 g/mol. The molecule has 26 heavy (non-hydrogen) atoms. The smallest absolute Gasteiger partial charge is 0.317 e. The van der Waals surface area contributed by atoms with E-state index in [9.17, 15) is 13.2 Å². The monoisotopic (exact) mass is 379 g/mol. The second-order valence-corrected chi connectivity index (χ2v) is 9.37. The average Bonchev–Trinajstić information content (AvgIpc) is 2.58. The van der Waals surface area contributed by atoms with Crippen LogP contribution in [0.2, 0.25) is 0 Å². The van der Waals surface area contributed by atoms with Crippen molar-refractivity contribution in [2.24, 2.45) is 5.92 Å². The Balaban J connectivity index is 1.77. The fraction of sp³-hybridized carbons (Fsp3) is 0.526. The van der Waals surface area contributed by atoms with E-state index < -0.39 is 10.0 Å². The Hall–Kier alpha value is -1.86. The zero-order chi connectivity index (χ0) is 19.2. The van der Waals surface area contributed by atoms with E-state index in [0.29, 0.717) is 19.6 Å². The highest BCUT2D eigenvalue weighted by Gasteiger charge is 2.25. The van der Waals surface area contributed by atoms with Gasteiger partial charge in [-0.3, -0.25) is 0 Å². The number of hydrogen-bond acceptors (Lipinski definition) is 3. The topological polar surface area (TPSA) is 78.5 Å². The van der Waals surface area contributed by atoms with Gasteiger partial charge in [0.05, 0.1) is 0 Å². The maximum Gasteiger partial charge on any atom is 0.317 e. The summed E-state index contributed by atoms with van der Waals surface area (Å²) in [4.78, 5) is 13.9. The van der Waals surface area contributed by atoms with Gasteiger partial charge in [0, 0.05) is 30.6 Å². The second-order valence-electron chi connectivity index (χ2n) is 7.72. The minimum Gasteiger partial charge on any atom is -0.333 e. The Labute approximate surface area is 156 Å². The van der Waals surface area contributed by atoms with Gasteiger partial charge >= 0.3 is 6.03 Å². The Morgan fingerprint density at radius 1 is 1.19 bits per heavy atom. The Kier molecular flexibility index (Phi) is 6.83. The van der Waals surface area contributed by atoms with Crippen molar-refractivity contribution >= 4 is 22.1 Å². The van der Waals surface area contributed by atoms with Crippen LogP contribution in [0.5, 0.6) is 0 Å². The lowest BCUT2D eigenvalue weighted by atomic mass is 9.97. The third kappa shape index (κ3) is 7.17. The van der Waals surface area contributed by atoms with Crippen LogP contribution in [0.4, 0.5) is 4.79 Å². The van der Waals surface area contributed by atoms with Crippen molar-refractivity contribution in [2.75, 3.05) is 19.6 Å². The summed E-state index contributed by atoms with van der Waals surface area (Å²) in [7, 11) is -3.46. The predicted octanol–water partition coefficient (Wildman–Crippen LogP) is 2.80. The molecule has 1 aliphatic heterocycles. The van der Waals surface area contributed by atoms with Gasteiger partial charge in [0.15, 0.2) is 0 Å². The Morgan fingerprint density at radius 2 is 1.81 bits per heavy atom. The van der Waals surface area contributed by atoms with Crippen LogP contribution in [-0.2, 0) is 10.0 Å². The number of hydrogen-bond donors (Lipinski definition) is 2. The zero-order valence-corrected chi connectivity index (χ0v) is 16.6. The Morgan fingerprint density at radius 3 is 2.38 bits per heavy atom. The first-order valence-corrected chi connectivity index (χ1v) is 10.5. The van der Waals surface area contributed by atoms with Crippen LogP contribution in [0.15, 0.2) is 35.7 Å². The van der Waals surface area contributed by atoms with E-state index in [0.717, 1.165) is 18.4 Å². The van der Waals surface area contributed by atoms with E-state index in [2.05, 4.69) is 10.0 Å². The first-order valence-electron chi connectivity index (χ1n) is 8.94. The number of carbonyl (C=O) groups excluding carboxylic acids is 1. The van der Waals surface area contributed by atoms with Crippen LogP contribution in [0.1, 0.15) is 39.2 Å². The first kappa shape index (κ1) is 20.5. The van der Waals surface area contributed by atoms with Crippen molar-refractivity contribution in [2.45, 2.75) is 39.2 Å². The molecule has 1 heterocycles. The van der Waals surface area contributed by atoms with Gasteiger partial charge in [0.25, 0.3) is 0 Å². The number of likely N-dealkylation sites (tertiary alicyclic amines) is 1. The minimum atomic E-state index is -3.46. The number of carbonyl (C=O) groups is 1. The van der Waals surface area contributed by atoms with Gasteiger partial charge in [-0.15, -0.1) is 0 Å². The van der Waals surface area contributed by atoms with Gasteiger partial charge in [-0.25, -0.2) is 17.9 Å². The van der Waals surface area contributed by atoms with E-state index in [1.807, 2.05) is 51.1 Å². The summed E-state index contributed by atoms with van der Waals surface area (Å²) in [6.07, 6.45) is 3.17. The molecule has 1 aromatic rings. The minimum absolute atomic E-state index is 0.0534. The lowest BCUT2D eigenvalue weighted by molar-refractivity contribution is 0.163. The van der Waals surface area contributed by atoms with E-state index in [1.54, 1.807) is 11.0 Å².